The number of rotatable bonds is 2. The van der Waals surface area contributed by atoms with Gasteiger partial charge in [0.05, 0.1) is 0 Å². The third-order valence-electron chi connectivity index (χ3n) is 4.16. The third-order valence-corrected chi connectivity index (χ3v) is 4.16. The fourth-order valence-electron chi connectivity index (χ4n) is 3.31. The largest absolute Gasteiger partial charge is 0.369 e. The van der Waals surface area contributed by atoms with Gasteiger partial charge in [0.15, 0.2) is 5.78 Å². The van der Waals surface area contributed by atoms with E-state index in [1.165, 1.54) is 12.8 Å². The molecule has 3 atom stereocenters. The van der Waals surface area contributed by atoms with Gasteiger partial charge in [-0.2, -0.15) is 0 Å². The van der Waals surface area contributed by atoms with Crippen LogP contribution in [0.5, 0.6) is 0 Å². The molecule has 3 rings (SSSR count). The van der Waals surface area contributed by atoms with Crippen molar-refractivity contribution in [2.75, 3.05) is 7.11 Å². The minimum Gasteiger partial charge on any atom is -0.369 e. The van der Waals surface area contributed by atoms with Crippen LogP contribution in [-0.2, 0) is 9.53 Å². The summed E-state index contributed by atoms with van der Waals surface area (Å²) in [5.41, 5.74) is -0.401. The molecule has 76 valence electrons. The van der Waals surface area contributed by atoms with Crippen LogP contribution in [0.3, 0.4) is 0 Å². The second-order valence-corrected chi connectivity index (χ2v) is 4.77. The summed E-state index contributed by atoms with van der Waals surface area (Å²) in [6, 6.07) is 0. The van der Waals surface area contributed by atoms with E-state index in [4.69, 9.17) is 4.74 Å². The lowest BCUT2D eigenvalue weighted by molar-refractivity contribution is -0.184. The molecule has 2 heteroatoms. The second-order valence-electron chi connectivity index (χ2n) is 4.77. The molecular formula is C12H16O2. The second kappa shape index (κ2) is 2.69. The number of ether oxygens (including phenoxy) is 1. The fraction of sp³-hybridized carbons (Fsp3) is 0.750. The third kappa shape index (κ3) is 0.830. The van der Waals surface area contributed by atoms with Gasteiger partial charge >= 0.3 is 0 Å². The van der Waals surface area contributed by atoms with E-state index in [0.717, 1.165) is 12.8 Å². The van der Waals surface area contributed by atoms with E-state index in [2.05, 4.69) is 12.2 Å². The zero-order valence-electron chi connectivity index (χ0n) is 8.53. The van der Waals surface area contributed by atoms with Crippen molar-refractivity contribution in [1.29, 1.82) is 0 Å². The highest BCUT2D eigenvalue weighted by Gasteiger charge is 2.67. The molecule has 3 unspecified atom stereocenters. The van der Waals surface area contributed by atoms with Gasteiger partial charge in [-0.3, -0.25) is 4.79 Å². The fourth-order valence-corrected chi connectivity index (χ4v) is 3.31. The molecule has 3 aliphatic carbocycles. The lowest BCUT2D eigenvalue weighted by atomic mass is 9.55. The van der Waals surface area contributed by atoms with Crippen molar-refractivity contribution in [2.45, 2.75) is 31.3 Å². The smallest absolute Gasteiger partial charge is 0.169 e. The Morgan fingerprint density at radius 2 is 2.21 bits per heavy atom. The van der Waals surface area contributed by atoms with Gasteiger partial charge in [-0.25, -0.2) is 0 Å². The number of carbonyl (C=O) groups excluding carboxylic acids is 1. The van der Waals surface area contributed by atoms with Crippen LogP contribution >= 0.6 is 0 Å². The molecule has 2 saturated carbocycles. The Morgan fingerprint density at radius 1 is 1.43 bits per heavy atom. The van der Waals surface area contributed by atoms with Gasteiger partial charge in [-0.1, -0.05) is 12.2 Å². The van der Waals surface area contributed by atoms with Crippen molar-refractivity contribution in [2.24, 2.45) is 17.8 Å². The lowest BCUT2D eigenvalue weighted by Gasteiger charge is -2.53. The summed E-state index contributed by atoms with van der Waals surface area (Å²) in [7, 11) is 1.70. The summed E-state index contributed by atoms with van der Waals surface area (Å²) >= 11 is 0. The summed E-state index contributed by atoms with van der Waals surface area (Å²) in [6.45, 7) is 0. The molecule has 0 saturated heterocycles. The summed E-state index contributed by atoms with van der Waals surface area (Å²) in [6.07, 6.45) is 8.89. The number of methoxy groups -OCH3 is 1. The maximum Gasteiger partial charge on any atom is 0.169 e. The number of fused-ring (bicyclic) bond motifs is 1. The van der Waals surface area contributed by atoms with Gasteiger partial charge in [0.2, 0.25) is 0 Å². The Kier molecular flexibility index (Phi) is 1.67. The first-order valence-corrected chi connectivity index (χ1v) is 5.57. The quantitative estimate of drug-likeness (QED) is 0.625. The van der Waals surface area contributed by atoms with Crippen LogP contribution in [0.15, 0.2) is 12.2 Å². The van der Waals surface area contributed by atoms with Gasteiger partial charge in [0.1, 0.15) is 5.60 Å². The van der Waals surface area contributed by atoms with Crippen molar-refractivity contribution < 1.29 is 9.53 Å². The van der Waals surface area contributed by atoms with E-state index in [9.17, 15) is 4.79 Å². The van der Waals surface area contributed by atoms with Crippen molar-refractivity contribution >= 4 is 5.78 Å². The Balaban J connectivity index is 1.94. The maximum absolute atomic E-state index is 12.1. The molecule has 0 spiro atoms. The zero-order chi connectivity index (χ0) is 9.76. The molecule has 2 fully saturated rings. The van der Waals surface area contributed by atoms with Crippen LogP contribution in [0.2, 0.25) is 0 Å². The van der Waals surface area contributed by atoms with Crippen LogP contribution in [0.4, 0.5) is 0 Å². The van der Waals surface area contributed by atoms with Crippen LogP contribution < -0.4 is 0 Å². The Morgan fingerprint density at radius 3 is 2.86 bits per heavy atom. The van der Waals surface area contributed by atoms with E-state index in [1.807, 2.05) is 0 Å². The summed E-state index contributed by atoms with van der Waals surface area (Å²) in [5.74, 6) is 1.57. The first kappa shape index (κ1) is 8.66. The molecule has 3 aliphatic rings. The van der Waals surface area contributed by atoms with Crippen LogP contribution in [0, 0.1) is 17.8 Å². The molecule has 0 amide bonds. The minimum absolute atomic E-state index is 0.278. The zero-order valence-corrected chi connectivity index (χ0v) is 8.53. The van der Waals surface area contributed by atoms with E-state index < -0.39 is 5.60 Å². The number of allylic oxidation sites excluding steroid dienone is 1. The Bertz CT molecular complexity index is 303. The number of hydrogen-bond donors (Lipinski definition) is 0. The summed E-state index contributed by atoms with van der Waals surface area (Å²) in [4.78, 5) is 12.1. The highest BCUT2D eigenvalue weighted by molar-refractivity contribution is 5.98. The lowest BCUT2D eigenvalue weighted by Crippen LogP contribution is -2.65. The van der Waals surface area contributed by atoms with Gasteiger partial charge in [-0.15, -0.1) is 0 Å². The topological polar surface area (TPSA) is 26.3 Å². The standard InChI is InChI=1S/C12H16O2/c1-14-12(8-6-7-8)10-5-3-2-4-9(10)11(12)13/h3,5,8-10H,2,4,6-7H2,1H3. The number of hydrogen-bond acceptors (Lipinski definition) is 2. The molecule has 0 bridgehead atoms. The van der Waals surface area contributed by atoms with E-state index in [-0.39, 0.29) is 5.92 Å². The predicted molar refractivity (Wildman–Crippen MR) is 52.8 cm³/mol. The number of Topliss-reactive ketones (excluding diaryl/α,β-unsaturated/α-hetero) is 1. The van der Waals surface area contributed by atoms with Crippen molar-refractivity contribution in [3.05, 3.63) is 12.2 Å². The Hall–Kier alpha value is -0.630. The van der Waals surface area contributed by atoms with Crippen LogP contribution in [-0.4, -0.2) is 18.5 Å². The normalized spacial score (nSPS) is 45.9. The number of ketones is 1. The molecule has 14 heavy (non-hydrogen) atoms. The average Bonchev–Trinajstić information content (AvgIpc) is 3.03. The van der Waals surface area contributed by atoms with E-state index >= 15 is 0 Å². The highest BCUT2D eigenvalue weighted by atomic mass is 16.5. The molecule has 0 radical (unpaired) electrons. The van der Waals surface area contributed by atoms with Gasteiger partial charge in [0, 0.05) is 18.9 Å². The molecule has 0 N–H and O–H groups in total. The predicted octanol–water partition coefficient (Wildman–Crippen LogP) is 1.95. The molecule has 0 heterocycles. The number of carbonyl (C=O) groups is 1. The average molecular weight is 192 g/mol. The van der Waals surface area contributed by atoms with Gasteiger partial charge in [0.25, 0.3) is 0 Å². The van der Waals surface area contributed by atoms with Gasteiger partial charge < -0.3 is 4.74 Å². The van der Waals surface area contributed by atoms with E-state index in [1.54, 1.807) is 7.11 Å². The van der Waals surface area contributed by atoms with Crippen LogP contribution in [0.25, 0.3) is 0 Å². The minimum atomic E-state index is -0.401. The molecular weight excluding hydrogens is 176 g/mol. The van der Waals surface area contributed by atoms with Crippen molar-refractivity contribution in [1.82, 2.24) is 0 Å². The first-order valence-electron chi connectivity index (χ1n) is 5.57. The summed E-state index contributed by atoms with van der Waals surface area (Å²) < 4.78 is 5.58. The van der Waals surface area contributed by atoms with Crippen molar-refractivity contribution in [3.8, 4) is 0 Å². The van der Waals surface area contributed by atoms with Gasteiger partial charge in [-0.05, 0) is 31.6 Å². The molecule has 2 nitrogen and oxygen atoms in total. The van der Waals surface area contributed by atoms with Crippen LogP contribution in [0.1, 0.15) is 25.7 Å². The first-order chi connectivity index (χ1) is 6.80. The summed E-state index contributed by atoms with van der Waals surface area (Å²) in [5, 5.41) is 0. The van der Waals surface area contributed by atoms with E-state index in [0.29, 0.717) is 17.6 Å². The Labute approximate surface area is 84.3 Å². The van der Waals surface area contributed by atoms with Crippen molar-refractivity contribution in [3.63, 3.8) is 0 Å². The molecule has 0 aromatic carbocycles. The monoisotopic (exact) mass is 192 g/mol. The molecule has 0 aliphatic heterocycles. The molecule has 0 aromatic heterocycles. The molecule has 0 aromatic rings. The highest BCUT2D eigenvalue weighted by Crippen LogP contribution is 2.58. The SMILES string of the molecule is COC1(C2CC2)C(=O)C2CCC=CC21. The maximum atomic E-state index is 12.1.